The topological polar surface area (TPSA) is 88.1 Å². The van der Waals surface area contributed by atoms with Crippen molar-refractivity contribution in [3.63, 3.8) is 0 Å². The molecule has 2 heterocycles. The van der Waals surface area contributed by atoms with Crippen molar-refractivity contribution in [2.75, 3.05) is 16.0 Å². The number of anilines is 3. The third kappa shape index (κ3) is 2.65. The summed E-state index contributed by atoms with van der Waals surface area (Å²) in [6.45, 7) is 1.85. The molecule has 1 aliphatic heterocycles. The number of para-hydroxylation sites is 1. The fourth-order valence-electron chi connectivity index (χ4n) is 2.45. The summed E-state index contributed by atoms with van der Waals surface area (Å²) in [7, 11) is 1.73. The van der Waals surface area contributed by atoms with Gasteiger partial charge in [-0.25, -0.2) is 4.79 Å². The zero-order chi connectivity index (χ0) is 15.7. The van der Waals surface area contributed by atoms with Crippen molar-refractivity contribution in [3.8, 4) is 0 Å². The lowest BCUT2D eigenvalue weighted by Gasteiger charge is -2.19. The van der Waals surface area contributed by atoms with Gasteiger partial charge < -0.3 is 10.6 Å². The van der Waals surface area contributed by atoms with Crippen LogP contribution < -0.4 is 16.0 Å². The number of hydrogen-bond donors (Lipinski definition) is 3. The average molecular weight is 299 g/mol. The molecule has 1 unspecified atom stereocenters. The van der Waals surface area contributed by atoms with Crippen LogP contribution >= 0.6 is 0 Å². The van der Waals surface area contributed by atoms with Crippen molar-refractivity contribution >= 4 is 29.3 Å². The van der Waals surface area contributed by atoms with Gasteiger partial charge in [-0.05, 0) is 18.6 Å². The zero-order valence-corrected chi connectivity index (χ0v) is 12.4. The van der Waals surface area contributed by atoms with Gasteiger partial charge in [0.2, 0.25) is 5.91 Å². The Kier molecular flexibility index (Phi) is 3.54. The van der Waals surface area contributed by atoms with E-state index in [2.05, 4.69) is 21.0 Å². The van der Waals surface area contributed by atoms with Gasteiger partial charge >= 0.3 is 6.03 Å². The first-order valence-electron chi connectivity index (χ1n) is 7.04. The van der Waals surface area contributed by atoms with Crippen LogP contribution in [0.2, 0.25) is 0 Å². The molecule has 0 saturated heterocycles. The number of aromatic nitrogens is 2. The Morgan fingerprint density at radius 3 is 2.77 bits per heavy atom. The van der Waals surface area contributed by atoms with Crippen LogP contribution in [0.4, 0.5) is 22.1 Å². The normalized spacial score (nSPS) is 16.6. The third-order valence-corrected chi connectivity index (χ3v) is 3.61. The summed E-state index contributed by atoms with van der Waals surface area (Å²) in [5, 5.41) is 12.6. The van der Waals surface area contributed by atoms with Crippen LogP contribution in [0.1, 0.15) is 12.5 Å². The van der Waals surface area contributed by atoms with Crippen LogP contribution in [0.15, 0.2) is 30.3 Å². The maximum atomic E-state index is 12.1. The number of fused-ring (bicyclic) bond motifs is 1. The van der Waals surface area contributed by atoms with Gasteiger partial charge in [-0.15, -0.1) is 0 Å². The summed E-state index contributed by atoms with van der Waals surface area (Å²) in [6.07, 6.45) is 0.552. The number of carbonyl (C=O) groups is 2. The molecule has 1 aromatic carbocycles. The average Bonchev–Trinajstić information content (AvgIpc) is 2.76. The number of carbonyl (C=O) groups excluding carboxylic acids is 2. The van der Waals surface area contributed by atoms with Crippen LogP contribution in [-0.4, -0.2) is 21.7 Å². The maximum absolute atomic E-state index is 12.1. The highest BCUT2D eigenvalue weighted by Crippen LogP contribution is 2.31. The standard InChI is InChI=1S/C15H17N5O2/c1-9-8-11-12(19-20(2)13(11)18-14(9)21)17-15(22)16-10-6-4-3-5-7-10/h3-7,9H,8H2,1-2H3,(H,18,21)(H2,16,17,19,22). The van der Waals surface area contributed by atoms with E-state index < -0.39 is 0 Å². The summed E-state index contributed by atoms with van der Waals surface area (Å²) in [6, 6.07) is 8.80. The highest BCUT2D eigenvalue weighted by Gasteiger charge is 2.29. The van der Waals surface area contributed by atoms with E-state index in [9.17, 15) is 9.59 Å². The molecule has 3 N–H and O–H groups in total. The van der Waals surface area contributed by atoms with E-state index in [1.54, 1.807) is 23.9 Å². The molecule has 22 heavy (non-hydrogen) atoms. The highest BCUT2D eigenvalue weighted by molar-refractivity contribution is 6.01. The van der Waals surface area contributed by atoms with Crippen LogP contribution in [0.25, 0.3) is 0 Å². The van der Waals surface area contributed by atoms with Crippen LogP contribution in [0, 0.1) is 5.92 Å². The van der Waals surface area contributed by atoms with E-state index >= 15 is 0 Å². The SMILES string of the molecule is CC1Cc2c(NC(=O)Nc3ccccc3)nn(C)c2NC1=O. The van der Waals surface area contributed by atoms with Gasteiger partial charge in [-0.1, -0.05) is 25.1 Å². The lowest BCUT2D eigenvalue weighted by atomic mass is 9.98. The number of amides is 3. The molecule has 114 valence electrons. The molecule has 2 aromatic rings. The molecular formula is C15H17N5O2. The number of nitrogens with zero attached hydrogens (tertiary/aromatic N) is 2. The first-order valence-corrected chi connectivity index (χ1v) is 7.04. The second-order valence-corrected chi connectivity index (χ2v) is 5.34. The first kappa shape index (κ1) is 14.1. The van der Waals surface area contributed by atoms with Gasteiger partial charge in [-0.3, -0.25) is 14.8 Å². The van der Waals surface area contributed by atoms with Gasteiger partial charge in [0, 0.05) is 24.2 Å². The molecule has 7 heteroatoms. The number of hydrogen-bond acceptors (Lipinski definition) is 3. The quantitative estimate of drug-likeness (QED) is 0.794. The summed E-state index contributed by atoms with van der Waals surface area (Å²) >= 11 is 0. The van der Waals surface area contributed by atoms with Gasteiger partial charge in [0.1, 0.15) is 5.82 Å². The summed E-state index contributed by atoms with van der Waals surface area (Å²) in [4.78, 5) is 23.8. The largest absolute Gasteiger partial charge is 0.324 e. The fraction of sp³-hybridized carbons (Fsp3) is 0.267. The first-order chi connectivity index (χ1) is 10.5. The Hall–Kier alpha value is -2.83. The number of benzene rings is 1. The van der Waals surface area contributed by atoms with Crippen LogP contribution in [0.5, 0.6) is 0 Å². The van der Waals surface area contributed by atoms with Crippen molar-refractivity contribution in [1.29, 1.82) is 0 Å². The highest BCUT2D eigenvalue weighted by atomic mass is 16.2. The van der Waals surface area contributed by atoms with Crippen molar-refractivity contribution in [1.82, 2.24) is 9.78 Å². The Morgan fingerprint density at radius 2 is 2.05 bits per heavy atom. The minimum absolute atomic E-state index is 0.0317. The minimum Gasteiger partial charge on any atom is -0.310 e. The maximum Gasteiger partial charge on any atom is 0.324 e. The van der Waals surface area contributed by atoms with E-state index in [1.807, 2.05) is 25.1 Å². The molecule has 0 radical (unpaired) electrons. The number of rotatable bonds is 2. The van der Waals surface area contributed by atoms with Gasteiger partial charge in [0.25, 0.3) is 0 Å². The molecule has 1 atom stereocenters. The van der Waals surface area contributed by atoms with Crippen LogP contribution in [-0.2, 0) is 18.3 Å². The molecule has 7 nitrogen and oxygen atoms in total. The third-order valence-electron chi connectivity index (χ3n) is 3.61. The molecule has 0 aliphatic carbocycles. The smallest absolute Gasteiger partial charge is 0.310 e. The Labute approximate surface area is 127 Å². The van der Waals surface area contributed by atoms with Crippen molar-refractivity contribution in [2.24, 2.45) is 13.0 Å². The predicted molar refractivity (Wildman–Crippen MR) is 83.8 cm³/mol. The van der Waals surface area contributed by atoms with Crippen molar-refractivity contribution in [2.45, 2.75) is 13.3 Å². The Balaban J connectivity index is 1.77. The number of aryl methyl sites for hydroxylation is 1. The molecule has 0 saturated carbocycles. The molecule has 0 fully saturated rings. The summed E-state index contributed by atoms with van der Waals surface area (Å²) in [5.74, 6) is 0.932. The summed E-state index contributed by atoms with van der Waals surface area (Å²) in [5.41, 5.74) is 1.55. The van der Waals surface area contributed by atoms with E-state index in [0.717, 1.165) is 5.56 Å². The molecule has 0 bridgehead atoms. The molecule has 1 aliphatic rings. The molecule has 1 aromatic heterocycles. The number of nitrogens with one attached hydrogen (secondary N) is 3. The van der Waals surface area contributed by atoms with E-state index in [4.69, 9.17) is 0 Å². The van der Waals surface area contributed by atoms with Gasteiger partial charge in [-0.2, -0.15) is 5.10 Å². The van der Waals surface area contributed by atoms with E-state index in [-0.39, 0.29) is 17.9 Å². The Bertz CT molecular complexity index is 723. The van der Waals surface area contributed by atoms with Crippen molar-refractivity contribution in [3.05, 3.63) is 35.9 Å². The lowest BCUT2D eigenvalue weighted by molar-refractivity contribution is -0.119. The predicted octanol–water partition coefficient (Wildman–Crippen LogP) is 2.19. The molecule has 3 rings (SSSR count). The van der Waals surface area contributed by atoms with Crippen molar-refractivity contribution < 1.29 is 9.59 Å². The second kappa shape index (κ2) is 5.51. The Morgan fingerprint density at radius 1 is 1.32 bits per heavy atom. The molecular weight excluding hydrogens is 282 g/mol. The van der Waals surface area contributed by atoms with Gasteiger partial charge in [0.05, 0.1) is 0 Å². The van der Waals surface area contributed by atoms with Gasteiger partial charge in [0.15, 0.2) is 5.82 Å². The summed E-state index contributed by atoms with van der Waals surface area (Å²) < 4.78 is 1.57. The molecule has 0 spiro atoms. The monoisotopic (exact) mass is 299 g/mol. The molecule has 3 amide bonds. The minimum atomic E-state index is -0.364. The number of urea groups is 1. The van der Waals surface area contributed by atoms with E-state index in [1.165, 1.54) is 0 Å². The van der Waals surface area contributed by atoms with E-state index in [0.29, 0.717) is 23.7 Å². The fourth-order valence-corrected chi connectivity index (χ4v) is 2.45. The lowest BCUT2D eigenvalue weighted by Crippen LogP contribution is -2.29. The van der Waals surface area contributed by atoms with Crippen LogP contribution in [0.3, 0.4) is 0 Å². The second-order valence-electron chi connectivity index (χ2n) is 5.34. The zero-order valence-electron chi connectivity index (χ0n) is 12.4.